The number of carbonyl (C=O) groups is 2. The van der Waals surface area contributed by atoms with Crippen LogP contribution in [0.4, 0.5) is 0 Å². The molecule has 106 valence electrons. The number of aromatic nitrogens is 1. The second-order valence-electron chi connectivity index (χ2n) is 4.95. The third-order valence-corrected chi connectivity index (χ3v) is 4.13. The van der Waals surface area contributed by atoms with Crippen molar-refractivity contribution in [3.05, 3.63) is 29.3 Å². The Labute approximate surface area is 120 Å². The Morgan fingerprint density at radius 1 is 1.40 bits per heavy atom. The van der Waals surface area contributed by atoms with E-state index in [9.17, 15) is 14.7 Å². The van der Waals surface area contributed by atoms with E-state index in [2.05, 4.69) is 4.98 Å². The molecule has 0 bridgehead atoms. The molecule has 5 nitrogen and oxygen atoms in total. The van der Waals surface area contributed by atoms with Crippen molar-refractivity contribution in [1.29, 1.82) is 0 Å². The zero-order chi connectivity index (χ0) is 14.9. The Kier molecular flexibility index (Phi) is 3.76. The molecule has 0 saturated heterocycles. The summed E-state index contributed by atoms with van der Waals surface area (Å²) in [5.74, 6) is -1.30. The average molecular weight is 292 g/mol. The highest BCUT2D eigenvalue weighted by atomic mass is 32.1. The normalized spacial score (nSPS) is 11.6. The van der Waals surface area contributed by atoms with Gasteiger partial charge >= 0.3 is 5.97 Å². The molecule has 1 aromatic carbocycles. The van der Waals surface area contributed by atoms with Gasteiger partial charge in [-0.2, -0.15) is 0 Å². The highest BCUT2D eigenvalue weighted by Crippen LogP contribution is 2.23. The minimum absolute atomic E-state index is 0.282. The number of amides is 1. The van der Waals surface area contributed by atoms with E-state index in [1.54, 1.807) is 30.6 Å². The minimum atomic E-state index is -1.24. The molecule has 0 unspecified atom stereocenters. The van der Waals surface area contributed by atoms with Crippen LogP contribution in [0.5, 0.6) is 0 Å². The predicted molar refractivity (Wildman–Crippen MR) is 78.0 cm³/mol. The number of nitrogens with zero attached hydrogens (tertiary/aromatic N) is 2. The van der Waals surface area contributed by atoms with Gasteiger partial charge in [-0.05, 0) is 39.0 Å². The largest absolute Gasteiger partial charge is 0.480 e. The molecule has 0 spiro atoms. The first-order valence-electron chi connectivity index (χ1n) is 6.26. The number of likely N-dealkylation sites (N-methyl/N-ethyl adjacent to an activating group) is 1. The van der Waals surface area contributed by atoms with Crippen LogP contribution in [0.25, 0.3) is 10.2 Å². The maximum Gasteiger partial charge on any atom is 0.329 e. The van der Waals surface area contributed by atoms with Gasteiger partial charge in [0.15, 0.2) is 0 Å². The second kappa shape index (κ2) is 5.20. The van der Waals surface area contributed by atoms with Gasteiger partial charge in [-0.1, -0.05) is 0 Å². The number of carbonyl (C=O) groups excluding carboxylic acids is 1. The molecule has 2 aromatic rings. The lowest BCUT2D eigenvalue weighted by atomic mass is 10.0. The number of carboxylic acid groups (broad SMARTS) is 1. The first kappa shape index (κ1) is 14.5. The SMILES string of the molecule is CCN(C(=O)c1ccc2ncsc2c1)C(C)(C)C(=O)O. The molecule has 0 aliphatic carbocycles. The van der Waals surface area contributed by atoms with E-state index in [0.717, 1.165) is 10.2 Å². The third kappa shape index (κ3) is 2.38. The van der Waals surface area contributed by atoms with Crippen molar-refractivity contribution in [3.63, 3.8) is 0 Å². The molecule has 1 N–H and O–H groups in total. The first-order chi connectivity index (χ1) is 9.37. The van der Waals surface area contributed by atoms with Gasteiger partial charge in [-0.15, -0.1) is 11.3 Å². The van der Waals surface area contributed by atoms with E-state index < -0.39 is 11.5 Å². The summed E-state index contributed by atoms with van der Waals surface area (Å²) in [5.41, 5.74) is 1.80. The summed E-state index contributed by atoms with van der Waals surface area (Å²) >= 11 is 1.45. The molecule has 1 amide bonds. The zero-order valence-electron chi connectivity index (χ0n) is 11.6. The third-order valence-electron chi connectivity index (χ3n) is 3.34. The van der Waals surface area contributed by atoms with Crippen molar-refractivity contribution in [2.45, 2.75) is 26.3 Å². The number of benzene rings is 1. The zero-order valence-corrected chi connectivity index (χ0v) is 12.4. The van der Waals surface area contributed by atoms with Crippen molar-refractivity contribution in [3.8, 4) is 0 Å². The molecule has 0 radical (unpaired) electrons. The highest BCUT2D eigenvalue weighted by Gasteiger charge is 2.37. The summed E-state index contributed by atoms with van der Waals surface area (Å²) in [6.07, 6.45) is 0. The molecule has 2 rings (SSSR count). The fourth-order valence-electron chi connectivity index (χ4n) is 2.05. The standard InChI is InChI=1S/C14H16N2O3S/c1-4-16(14(2,3)13(18)19)12(17)9-5-6-10-11(7-9)20-8-15-10/h5-8H,4H2,1-3H3,(H,18,19). The molecule has 20 heavy (non-hydrogen) atoms. The predicted octanol–water partition coefficient (Wildman–Crippen LogP) is 2.62. The second-order valence-corrected chi connectivity index (χ2v) is 5.83. The Morgan fingerprint density at radius 3 is 2.70 bits per heavy atom. The van der Waals surface area contributed by atoms with Gasteiger partial charge in [0.25, 0.3) is 5.91 Å². The molecule has 6 heteroatoms. The Hall–Kier alpha value is -1.95. The van der Waals surface area contributed by atoms with Gasteiger partial charge in [-0.25, -0.2) is 9.78 Å². The fraction of sp³-hybridized carbons (Fsp3) is 0.357. The van der Waals surface area contributed by atoms with Crippen molar-refractivity contribution in [2.24, 2.45) is 0 Å². The molecular weight excluding hydrogens is 276 g/mol. The van der Waals surface area contributed by atoms with Crippen molar-refractivity contribution < 1.29 is 14.7 Å². The Morgan fingerprint density at radius 2 is 2.10 bits per heavy atom. The number of aliphatic carboxylic acids is 1. The Bertz CT molecular complexity index is 663. The average Bonchev–Trinajstić information content (AvgIpc) is 2.85. The minimum Gasteiger partial charge on any atom is -0.480 e. The molecule has 1 aromatic heterocycles. The molecule has 0 aliphatic heterocycles. The number of thiazole rings is 1. The summed E-state index contributed by atoms with van der Waals surface area (Å²) in [6, 6.07) is 5.22. The lowest BCUT2D eigenvalue weighted by Gasteiger charge is -2.34. The summed E-state index contributed by atoms with van der Waals surface area (Å²) < 4.78 is 0.917. The number of hydrogen-bond acceptors (Lipinski definition) is 4. The number of carboxylic acids is 1. The van der Waals surface area contributed by atoms with Crippen molar-refractivity contribution >= 4 is 33.4 Å². The van der Waals surface area contributed by atoms with Gasteiger partial charge in [0.05, 0.1) is 15.7 Å². The number of hydrogen-bond donors (Lipinski definition) is 1. The van der Waals surface area contributed by atoms with Gasteiger partial charge in [0.2, 0.25) is 0 Å². The van der Waals surface area contributed by atoms with E-state index in [0.29, 0.717) is 12.1 Å². The van der Waals surface area contributed by atoms with Crippen LogP contribution in [0, 0.1) is 0 Å². The van der Waals surface area contributed by atoms with Gasteiger partial charge in [0, 0.05) is 12.1 Å². The van der Waals surface area contributed by atoms with Gasteiger partial charge < -0.3 is 10.0 Å². The first-order valence-corrected chi connectivity index (χ1v) is 7.14. The smallest absolute Gasteiger partial charge is 0.329 e. The molecule has 0 fully saturated rings. The highest BCUT2D eigenvalue weighted by molar-refractivity contribution is 7.16. The fourth-order valence-corrected chi connectivity index (χ4v) is 2.77. The van der Waals surface area contributed by atoms with Crippen LogP contribution >= 0.6 is 11.3 Å². The Balaban J connectivity index is 2.39. The van der Waals surface area contributed by atoms with Crippen LogP contribution in [-0.4, -0.2) is 39.0 Å². The topological polar surface area (TPSA) is 70.5 Å². The lowest BCUT2D eigenvalue weighted by Crippen LogP contribution is -2.52. The van der Waals surface area contributed by atoms with Crippen LogP contribution < -0.4 is 0 Å². The van der Waals surface area contributed by atoms with Crippen LogP contribution in [0.2, 0.25) is 0 Å². The van der Waals surface area contributed by atoms with Gasteiger partial charge in [0.1, 0.15) is 5.54 Å². The van der Waals surface area contributed by atoms with Crippen LogP contribution in [0.3, 0.4) is 0 Å². The number of fused-ring (bicyclic) bond motifs is 1. The molecule has 0 saturated carbocycles. The van der Waals surface area contributed by atoms with E-state index in [1.807, 2.05) is 0 Å². The van der Waals surface area contributed by atoms with Crippen LogP contribution in [-0.2, 0) is 4.79 Å². The van der Waals surface area contributed by atoms with E-state index in [1.165, 1.54) is 30.1 Å². The van der Waals surface area contributed by atoms with Gasteiger partial charge in [-0.3, -0.25) is 4.79 Å². The van der Waals surface area contributed by atoms with E-state index in [-0.39, 0.29) is 5.91 Å². The molecule has 0 aliphatic rings. The van der Waals surface area contributed by atoms with E-state index in [4.69, 9.17) is 0 Å². The molecule has 1 heterocycles. The summed E-state index contributed by atoms with van der Waals surface area (Å²) in [6.45, 7) is 5.16. The maximum atomic E-state index is 12.5. The summed E-state index contributed by atoms with van der Waals surface area (Å²) in [4.78, 5) is 29.4. The van der Waals surface area contributed by atoms with Crippen LogP contribution in [0.1, 0.15) is 31.1 Å². The summed E-state index contributed by atoms with van der Waals surface area (Å²) in [7, 11) is 0. The molecular formula is C14H16N2O3S. The van der Waals surface area contributed by atoms with Crippen LogP contribution in [0.15, 0.2) is 23.7 Å². The van der Waals surface area contributed by atoms with Crippen molar-refractivity contribution in [1.82, 2.24) is 9.88 Å². The quantitative estimate of drug-likeness (QED) is 0.940. The monoisotopic (exact) mass is 292 g/mol. The van der Waals surface area contributed by atoms with Crippen molar-refractivity contribution in [2.75, 3.05) is 6.54 Å². The number of rotatable bonds is 4. The lowest BCUT2D eigenvalue weighted by molar-refractivity contribution is -0.147. The maximum absolute atomic E-state index is 12.5. The molecule has 0 atom stereocenters. The van der Waals surface area contributed by atoms with E-state index >= 15 is 0 Å². The summed E-state index contributed by atoms with van der Waals surface area (Å²) in [5, 5.41) is 9.28.